The molecule has 18 rings (SSSR count). The van der Waals surface area contributed by atoms with Crippen LogP contribution in [0.4, 0.5) is 28.4 Å². The highest BCUT2D eigenvalue weighted by Gasteiger charge is 2.37. The number of nitrogens with one attached hydrogen (secondary N) is 1. The monoisotopic (exact) mass is 1390 g/mol. The van der Waals surface area contributed by atoms with E-state index in [0.717, 1.165) is 97.7 Å². The van der Waals surface area contributed by atoms with Crippen molar-refractivity contribution in [1.29, 1.82) is 0 Å². The summed E-state index contributed by atoms with van der Waals surface area (Å²) in [6, 6.07) is 108. The van der Waals surface area contributed by atoms with Crippen LogP contribution in [0.25, 0.3) is 86.3 Å². The zero-order chi connectivity index (χ0) is 67.0. The van der Waals surface area contributed by atoms with Crippen LogP contribution in [0.15, 0.2) is 308 Å². The van der Waals surface area contributed by atoms with Gasteiger partial charge in [-0.1, -0.05) is 274 Å². The van der Waals surface area contributed by atoms with Gasteiger partial charge in [0.1, 0.15) is 26.4 Å². The molecule has 0 saturated heterocycles. The first-order valence-electron chi connectivity index (χ1n) is 33.7. The lowest BCUT2D eigenvalue weighted by atomic mass is 9.82. The summed E-state index contributed by atoms with van der Waals surface area (Å²) in [6.07, 6.45) is 0. The van der Waals surface area contributed by atoms with Crippen LogP contribution in [0.2, 0.25) is 0 Å². The van der Waals surface area contributed by atoms with Crippen molar-refractivity contribution in [1.82, 2.24) is 0 Å². The molecule has 2 aliphatic heterocycles. The van der Waals surface area contributed by atoms with Gasteiger partial charge in [0.15, 0.2) is 23.0 Å². The van der Waals surface area contributed by atoms with Crippen LogP contribution < -0.4 is 29.2 Å². The van der Waals surface area contributed by atoms with Crippen LogP contribution in [-0.2, 0) is 10.8 Å². The fourth-order valence-electron chi connectivity index (χ4n) is 14.2. The highest BCUT2D eigenvalue weighted by molar-refractivity contribution is 9.10. The highest BCUT2D eigenvalue weighted by Crippen LogP contribution is 2.57. The normalized spacial score (nSPS) is 13.6. The Hall–Kier alpha value is -10.7. The number of hydrogen-bond acceptors (Lipinski definition) is 8. The van der Waals surface area contributed by atoms with E-state index in [0.29, 0.717) is 26.4 Å². The Morgan fingerprint density at radius 3 is 1.03 bits per heavy atom. The molecule has 0 bridgehead atoms. The topological polar surface area (TPSA) is 52.2 Å². The van der Waals surface area contributed by atoms with Gasteiger partial charge in [-0.2, -0.15) is 0 Å². The molecule has 99 heavy (non-hydrogen) atoms. The summed E-state index contributed by atoms with van der Waals surface area (Å²) in [6.45, 7) is 11.6. The Morgan fingerprint density at radius 1 is 0.293 bits per heavy atom. The number of hydrogen-bond donors (Lipinski definition) is 1. The van der Waals surface area contributed by atoms with Crippen molar-refractivity contribution in [3.63, 3.8) is 0 Å². The van der Waals surface area contributed by atoms with Crippen molar-refractivity contribution in [2.24, 2.45) is 0 Å². The van der Waals surface area contributed by atoms with Crippen LogP contribution >= 0.6 is 38.6 Å². The number of anilines is 5. The molecule has 6 nitrogen and oxygen atoms in total. The quantitative estimate of drug-likeness (QED) is 0.139. The van der Waals surface area contributed by atoms with Crippen molar-refractivity contribution >= 4 is 67.0 Å². The average molecular weight is 1390 g/mol. The van der Waals surface area contributed by atoms with Gasteiger partial charge in [-0.05, 0) is 162 Å². The minimum Gasteiger partial charge on any atom is -0.485 e. The molecule has 0 spiro atoms. The first-order chi connectivity index (χ1) is 48.5. The van der Waals surface area contributed by atoms with E-state index in [2.05, 4.69) is 315 Å². The SMILES string of the molecule is Brc1ccc(-c2sc(-c3ccccc3)c3c2OCCO3)cc1.CC1(C)c2ccccc2-c2ccc(N(c3ccc(-c4ccccc4)cc3)c3ccc(-c4sc(-c5ccccc5)c5c4OCCO5)cc3)cc21.CC1(C)c2ccccc2-c2ccc(Nc3ccc(-c4ccccc4)cc3)cc21. The Labute approximate surface area is 596 Å². The van der Waals surface area contributed by atoms with E-state index in [1.165, 1.54) is 66.8 Å². The van der Waals surface area contributed by atoms with Crippen molar-refractivity contribution < 1.29 is 18.9 Å². The fourth-order valence-corrected chi connectivity index (χ4v) is 16.9. The summed E-state index contributed by atoms with van der Waals surface area (Å²) in [7, 11) is 0. The molecule has 12 aromatic carbocycles. The zero-order valence-corrected chi connectivity index (χ0v) is 58.7. The third kappa shape index (κ3) is 12.3. The van der Waals surface area contributed by atoms with E-state index in [-0.39, 0.29) is 10.8 Å². The van der Waals surface area contributed by atoms with Crippen molar-refractivity contribution in [2.75, 3.05) is 36.6 Å². The van der Waals surface area contributed by atoms with Gasteiger partial charge in [0.2, 0.25) is 0 Å². The lowest BCUT2D eigenvalue weighted by Gasteiger charge is -2.28. The molecule has 14 aromatic rings. The number of halogens is 1. The Kier molecular flexibility index (Phi) is 17.2. The maximum atomic E-state index is 6.24. The van der Waals surface area contributed by atoms with Gasteiger partial charge in [0.05, 0.1) is 19.5 Å². The Bertz CT molecular complexity index is 5210. The minimum absolute atomic E-state index is 0.0286. The fraction of sp³-hybridized carbons (Fsp3) is 0.111. The smallest absolute Gasteiger partial charge is 0.180 e. The minimum atomic E-state index is -0.0918. The van der Waals surface area contributed by atoms with Crippen LogP contribution in [-0.4, -0.2) is 26.4 Å². The van der Waals surface area contributed by atoms with Crippen LogP contribution in [0, 0.1) is 0 Å². The second-order valence-corrected chi connectivity index (χ2v) is 29.1. The summed E-state index contributed by atoms with van der Waals surface area (Å²) < 4.78 is 25.3. The molecular formula is C90H71BrN2O4S2. The number of benzene rings is 12. The molecule has 2 aromatic heterocycles. The van der Waals surface area contributed by atoms with E-state index in [4.69, 9.17) is 18.9 Å². The molecule has 2 aliphatic carbocycles. The molecule has 9 heteroatoms. The molecule has 1 N–H and O–H groups in total. The zero-order valence-electron chi connectivity index (χ0n) is 55.5. The summed E-state index contributed by atoms with van der Waals surface area (Å²) >= 11 is 6.94. The van der Waals surface area contributed by atoms with E-state index in [1.807, 2.05) is 42.5 Å². The maximum Gasteiger partial charge on any atom is 0.180 e. The van der Waals surface area contributed by atoms with Crippen LogP contribution in [0.1, 0.15) is 49.9 Å². The predicted octanol–water partition coefficient (Wildman–Crippen LogP) is 25.3. The third-order valence-corrected chi connectivity index (χ3v) is 22.3. The lowest BCUT2D eigenvalue weighted by Crippen LogP contribution is -2.16. The van der Waals surface area contributed by atoms with Gasteiger partial charge in [-0.15, -0.1) is 22.7 Å². The molecule has 0 radical (unpaired) electrons. The van der Waals surface area contributed by atoms with E-state index < -0.39 is 0 Å². The highest BCUT2D eigenvalue weighted by atomic mass is 79.9. The molecule has 0 amide bonds. The molecule has 4 heterocycles. The molecule has 0 fully saturated rings. The van der Waals surface area contributed by atoms with Gasteiger partial charge in [-0.3, -0.25) is 0 Å². The second-order valence-electron chi connectivity index (χ2n) is 26.2. The first-order valence-corrected chi connectivity index (χ1v) is 36.1. The van der Waals surface area contributed by atoms with E-state index >= 15 is 0 Å². The van der Waals surface area contributed by atoms with E-state index in [9.17, 15) is 0 Å². The molecular weight excluding hydrogens is 1320 g/mol. The summed E-state index contributed by atoms with van der Waals surface area (Å²) in [5, 5.41) is 3.58. The molecule has 484 valence electrons. The Morgan fingerprint density at radius 2 is 0.596 bits per heavy atom. The van der Waals surface area contributed by atoms with E-state index in [1.54, 1.807) is 22.7 Å². The number of nitrogens with zero attached hydrogens (tertiary/aromatic N) is 1. The van der Waals surface area contributed by atoms with Gasteiger partial charge in [0.25, 0.3) is 0 Å². The molecule has 4 aliphatic rings. The summed E-state index contributed by atoms with van der Waals surface area (Å²) in [4.78, 5) is 6.83. The third-order valence-electron chi connectivity index (χ3n) is 19.3. The van der Waals surface area contributed by atoms with Gasteiger partial charge >= 0.3 is 0 Å². The largest absolute Gasteiger partial charge is 0.485 e. The number of rotatable bonds is 11. The van der Waals surface area contributed by atoms with Gasteiger partial charge in [0, 0.05) is 43.7 Å². The van der Waals surface area contributed by atoms with Crippen molar-refractivity contribution in [3.05, 3.63) is 330 Å². The predicted molar refractivity (Wildman–Crippen MR) is 417 cm³/mol. The lowest BCUT2D eigenvalue weighted by molar-refractivity contribution is 0.175. The Balaban J connectivity index is 0.000000128. The summed E-state index contributed by atoms with van der Waals surface area (Å²) in [5.41, 5.74) is 25.9. The van der Waals surface area contributed by atoms with Crippen LogP contribution in [0.5, 0.6) is 23.0 Å². The first kappa shape index (κ1) is 63.1. The average Bonchev–Trinajstić information content (AvgIpc) is 1.59. The molecule has 0 saturated carbocycles. The van der Waals surface area contributed by atoms with Crippen molar-refractivity contribution in [2.45, 2.75) is 38.5 Å². The summed E-state index contributed by atoms with van der Waals surface area (Å²) in [5.74, 6) is 3.44. The standard InChI is InChI=1S/C45H35NO2S.C27H23N.C18H13BrO2S/c1-45(2)39-16-10-9-15-37(39)38-26-25-36(29-40(38)45)46(34-21-17-31(18-22-34)30-11-5-3-6-12-30)35-23-19-33(20-24-35)44-42-41(47-27-28-48-42)43(49-44)32-13-7-4-8-14-32;1-27(2)25-11-7-6-10-23(25)24-17-16-22(18-26(24)27)28-21-14-12-20(13-15-21)19-8-4-3-5-9-19;19-14-8-6-13(7-9-14)18-16-15(20-10-11-21-16)17(22-18)12-4-2-1-3-5-12/h3-26,29H,27-28H2,1-2H3;3-18,28H,1-2H3;1-9H,10-11H2. The number of thiophene rings is 2. The van der Waals surface area contributed by atoms with Gasteiger partial charge in [-0.25, -0.2) is 0 Å². The van der Waals surface area contributed by atoms with Crippen molar-refractivity contribution in [3.8, 4) is 109 Å². The number of ether oxygens (including phenoxy) is 4. The number of fused-ring (bicyclic) bond motifs is 8. The second kappa shape index (κ2) is 27.0. The molecule has 0 atom stereocenters. The maximum absolute atomic E-state index is 6.24. The molecule has 0 unspecified atom stereocenters. The van der Waals surface area contributed by atoms with Gasteiger partial charge < -0.3 is 29.2 Å². The van der Waals surface area contributed by atoms with Crippen LogP contribution in [0.3, 0.4) is 0 Å².